The predicted octanol–water partition coefficient (Wildman–Crippen LogP) is 2.53. The number of hydrogen-bond acceptors (Lipinski definition) is 2. The van der Waals surface area contributed by atoms with Crippen molar-refractivity contribution in [3.63, 3.8) is 0 Å². The molecule has 0 unspecified atom stereocenters. The topological polar surface area (TPSA) is 54.4 Å². The Labute approximate surface area is 88.7 Å². The maximum Gasteiger partial charge on any atom is 0.336 e. The average molecular weight is 206 g/mol. The van der Waals surface area contributed by atoms with Crippen molar-refractivity contribution in [2.45, 2.75) is 20.8 Å². The average Bonchev–Trinajstić information content (AvgIpc) is 2.15. The molecule has 0 saturated heterocycles. The summed E-state index contributed by atoms with van der Waals surface area (Å²) in [6.45, 7) is 5.22. The van der Waals surface area contributed by atoms with Gasteiger partial charge in [0.1, 0.15) is 0 Å². The van der Waals surface area contributed by atoms with E-state index in [0.29, 0.717) is 11.1 Å². The van der Waals surface area contributed by atoms with Gasteiger partial charge in [0, 0.05) is 11.5 Å². The number of carbonyl (C=O) groups is 2. The molecule has 0 atom stereocenters. The molecule has 0 aromatic heterocycles. The fourth-order valence-electron chi connectivity index (χ4n) is 1.47. The number of carboxylic acids is 1. The minimum atomic E-state index is -1.04. The molecule has 1 aromatic carbocycles. The summed E-state index contributed by atoms with van der Waals surface area (Å²) < 4.78 is 0. The van der Waals surface area contributed by atoms with Gasteiger partial charge < -0.3 is 5.11 Å². The lowest BCUT2D eigenvalue weighted by Gasteiger charge is -2.09. The van der Waals surface area contributed by atoms with Crippen molar-refractivity contribution in [3.05, 3.63) is 34.9 Å². The summed E-state index contributed by atoms with van der Waals surface area (Å²) in [6, 6.07) is 4.97. The number of ketones is 1. The SMILES string of the molecule is Cc1cccc(C(=O)C(C)C)c1C(=O)O. The van der Waals surface area contributed by atoms with E-state index in [1.807, 2.05) is 0 Å². The second-order valence-electron chi connectivity index (χ2n) is 3.82. The Hall–Kier alpha value is -1.64. The van der Waals surface area contributed by atoms with Gasteiger partial charge in [-0.3, -0.25) is 4.79 Å². The molecule has 0 aliphatic heterocycles. The van der Waals surface area contributed by atoms with Crippen LogP contribution in [0, 0.1) is 12.8 Å². The summed E-state index contributed by atoms with van der Waals surface area (Å²) in [5.41, 5.74) is 1.04. The summed E-state index contributed by atoms with van der Waals surface area (Å²) >= 11 is 0. The van der Waals surface area contributed by atoms with Crippen molar-refractivity contribution in [1.29, 1.82) is 0 Å². The molecule has 1 aromatic rings. The minimum absolute atomic E-state index is 0.121. The first-order chi connectivity index (χ1) is 6.95. The molecule has 1 rings (SSSR count). The molecule has 0 heterocycles. The number of Topliss-reactive ketones (excluding diaryl/α,β-unsaturated/α-hetero) is 1. The Morgan fingerprint density at radius 2 is 1.87 bits per heavy atom. The van der Waals surface area contributed by atoms with Gasteiger partial charge >= 0.3 is 5.97 Å². The zero-order valence-corrected chi connectivity index (χ0v) is 9.07. The molecular weight excluding hydrogens is 192 g/mol. The van der Waals surface area contributed by atoms with Crippen LogP contribution in [0.4, 0.5) is 0 Å². The van der Waals surface area contributed by atoms with Crippen LogP contribution in [0.15, 0.2) is 18.2 Å². The van der Waals surface area contributed by atoms with Gasteiger partial charge in [-0.25, -0.2) is 4.79 Å². The monoisotopic (exact) mass is 206 g/mol. The van der Waals surface area contributed by atoms with Crippen molar-refractivity contribution < 1.29 is 14.7 Å². The van der Waals surface area contributed by atoms with Gasteiger partial charge in [-0.1, -0.05) is 32.0 Å². The summed E-state index contributed by atoms with van der Waals surface area (Å²) in [5, 5.41) is 9.02. The van der Waals surface area contributed by atoms with Crippen molar-refractivity contribution in [3.8, 4) is 0 Å². The first kappa shape index (κ1) is 11.4. The molecule has 0 amide bonds. The Morgan fingerprint density at radius 1 is 1.27 bits per heavy atom. The van der Waals surface area contributed by atoms with Crippen molar-refractivity contribution in [2.24, 2.45) is 5.92 Å². The Kier molecular flexibility index (Phi) is 3.24. The number of carboxylic acid groups (broad SMARTS) is 1. The molecule has 0 bridgehead atoms. The van der Waals surface area contributed by atoms with E-state index in [0.717, 1.165) is 0 Å². The van der Waals surface area contributed by atoms with E-state index in [4.69, 9.17) is 5.11 Å². The van der Waals surface area contributed by atoms with Crippen molar-refractivity contribution in [2.75, 3.05) is 0 Å². The molecule has 0 saturated carbocycles. The van der Waals surface area contributed by atoms with Crippen LogP contribution in [0.3, 0.4) is 0 Å². The highest BCUT2D eigenvalue weighted by atomic mass is 16.4. The largest absolute Gasteiger partial charge is 0.478 e. The van der Waals surface area contributed by atoms with Gasteiger partial charge in [0.25, 0.3) is 0 Å². The van der Waals surface area contributed by atoms with Gasteiger partial charge in [0.15, 0.2) is 5.78 Å². The lowest BCUT2D eigenvalue weighted by molar-refractivity contribution is 0.0690. The standard InChI is InChI=1S/C12H14O3/c1-7(2)11(13)9-6-4-5-8(3)10(9)12(14)15/h4-7H,1-3H3,(H,14,15). The van der Waals surface area contributed by atoms with E-state index in [1.165, 1.54) is 0 Å². The van der Waals surface area contributed by atoms with E-state index < -0.39 is 5.97 Å². The van der Waals surface area contributed by atoms with Crippen LogP contribution in [0.25, 0.3) is 0 Å². The first-order valence-electron chi connectivity index (χ1n) is 4.82. The maximum absolute atomic E-state index is 11.8. The summed E-state index contributed by atoms with van der Waals surface area (Å²) in [7, 11) is 0. The lowest BCUT2D eigenvalue weighted by atomic mass is 9.94. The van der Waals surface area contributed by atoms with Crippen LogP contribution >= 0.6 is 0 Å². The normalized spacial score (nSPS) is 10.4. The zero-order valence-electron chi connectivity index (χ0n) is 9.07. The quantitative estimate of drug-likeness (QED) is 0.773. The molecule has 0 aliphatic rings. The van der Waals surface area contributed by atoms with E-state index in [1.54, 1.807) is 39.0 Å². The molecular formula is C12H14O3. The second kappa shape index (κ2) is 4.26. The fourth-order valence-corrected chi connectivity index (χ4v) is 1.47. The van der Waals surface area contributed by atoms with Crippen LogP contribution < -0.4 is 0 Å². The molecule has 80 valence electrons. The van der Waals surface area contributed by atoms with Crippen LogP contribution in [-0.2, 0) is 0 Å². The molecule has 3 nitrogen and oxygen atoms in total. The molecule has 0 spiro atoms. The highest BCUT2D eigenvalue weighted by Gasteiger charge is 2.20. The van der Waals surface area contributed by atoms with Crippen LogP contribution in [0.2, 0.25) is 0 Å². The number of benzene rings is 1. The highest BCUT2D eigenvalue weighted by Crippen LogP contribution is 2.17. The first-order valence-corrected chi connectivity index (χ1v) is 4.82. The molecule has 0 radical (unpaired) electrons. The fraction of sp³-hybridized carbons (Fsp3) is 0.333. The van der Waals surface area contributed by atoms with Gasteiger partial charge in [0.05, 0.1) is 5.56 Å². The smallest absolute Gasteiger partial charge is 0.336 e. The van der Waals surface area contributed by atoms with Gasteiger partial charge in [-0.15, -0.1) is 0 Å². The van der Waals surface area contributed by atoms with Crippen molar-refractivity contribution in [1.82, 2.24) is 0 Å². The van der Waals surface area contributed by atoms with Gasteiger partial charge in [-0.2, -0.15) is 0 Å². The molecule has 3 heteroatoms. The third-order valence-electron chi connectivity index (χ3n) is 2.28. The molecule has 0 fully saturated rings. The molecule has 1 N–H and O–H groups in total. The van der Waals surface area contributed by atoms with Gasteiger partial charge in [-0.05, 0) is 12.5 Å². The molecule has 0 aliphatic carbocycles. The number of aromatic carboxylic acids is 1. The summed E-state index contributed by atoms with van der Waals surface area (Å²) in [5.74, 6) is -1.36. The molecule has 15 heavy (non-hydrogen) atoms. The van der Waals surface area contributed by atoms with Crippen LogP contribution in [0.1, 0.15) is 40.1 Å². The maximum atomic E-state index is 11.8. The van der Waals surface area contributed by atoms with E-state index in [-0.39, 0.29) is 17.3 Å². The van der Waals surface area contributed by atoms with E-state index in [9.17, 15) is 9.59 Å². The highest BCUT2D eigenvalue weighted by molar-refractivity contribution is 6.07. The third kappa shape index (κ3) is 2.24. The summed E-state index contributed by atoms with van der Waals surface area (Å²) in [4.78, 5) is 22.8. The number of carbonyl (C=O) groups excluding carboxylic acids is 1. The second-order valence-corrected chi connectivity index (χ2v) is 3.82. The number of hydrogen-bond donors (Lipinski definition) is 1. The summed E-state index contributed by atoms with van der Waals surface area (Å²) in [6.07, 6.45) is 0. The Balaban J connectivity index is 3.35. The van der Waals surface area contributed by atoms with E-state index >= 15 is 0 Å². The number of aryl methyl sites for hydroxylation is 1. The van der Waals surface area contributed by atoms with E-state index in [2.05, 4.69) is 0 Å². The van der Waals surface area contributed by atoms with Crippen LogP contribution in [0.5, 0.6) is 0 Å². The Morgan fingerprint density at radius 3 is 2.33 bits per heavy atom. The van der Waals surface area contributed by atoms with Gasteiger partial charge in [0.2, 0.25) is 0 Å². The lowest BCUT2D eigenvalue weighted by Crippen LogP contribution is -2.14. The predicted molar refractivity (Wildman–Crippen MR) is 57.3 cm³/mol. The number of rotatable bonds is 3. The van der Waals surface area contributed by atoms with Crippen molar-refractivity contribution >= 4 is 11.8 Å². The van der Waals surface area contributed by atoms with Crippen LogP contribution in [-0.4, -0.2) is 16.9 Å². The third-order valence-corrected chi connectivity index (χ3v) is 2.28. The zero-order chi connectivity index (χ0) is 11.6. The Bertz CT molecular complexity index is 405. The minimum Gasteiger partial charge on any atom is -0.478 e.